The van der Waals surface area contributed by atoms with E-state index in [4.69, 9.17) is 10.7 Å². The molecule has 0 saturated carbocycles. The van der Waals surface area contributed by atoms with Crippen molar-refractivity contribution in [1.29, 1.82) is 0 Å². The fourth-order valence-corrected chi connectivity index (χ4v) is 3.04. The molecule has 0 amide bonds. The average molecular weight is 263 g/mol. The maximum absolute atomic E-state index is 9.68. The Kier molecular flexibility index (Phi) is 3.43. The lowest BCUT2D eigenvalue weighted by atomic mass is 9.94. The first-order valence-corrected chi connectivity index (χ1v) is 7.02. The first kappa shape index (κ1) is 12.8. The quantitative estimate of drug-likeness (QED) is 0.697. The zero-order valence-electron chi connectivity index (χ0n) is 11.0. The van der Waals surface area contributed by atoms with Crippen LogP contribution in [0.15, 0.2) is 6.07 Å². The van der Waals surface area contributed by atoms with E-state index in [-0.39, 0.29) is 0 Å². The second-order valence-corrected chi connectivity index (χ2v) is 5.53. The minimum atomic E-state index is -0.691. The third-order valence-electron chi connectivity index (χ3n) is 4.14. The molecule has 0 radical (unpaired) electrons. The first-order valence-electron chi connectivity index (χ1n) is 7.02. The Morgan fingerprint density at radius 1 is 1.21 bits per heavy atom. The predicted octanol–water partition coefficient (Wildman–Crippen LogP) is -0.0391. The van der Waals surface area contributed by atoms with Crippen LogP contribution in [-0.2, 0) is 19.4 Å². The van der Waals surface area contributed by atoms with Gasteiger partial charge in [0.25, 0.3) is 0 Å². The summed E-state index contributed by atoms with van der Waals surface area (Å²) >= 11 is 0. The number of rotatable bonds is 2. The SMILES string of the molecule is NCc1cc2c(nc1N1CC(O)C(O)C1)CCCC2. The summed E-state index contributed by atoms with van der Waals surface area (Å²) in [6, 6.07) is 2.16. The van der Waals surface area contributed by atoms with E-state index in [1.165, 1.54) is 18.4 Å². The van der Waals surface area contributed by atoms with Crippen molar-refractivity contribution in [2.24, 2.45) is 5.73 Å². The van der Waals surface area contributed by atoms with Crippen molar-refractivity contribution in [1.82, 2.24) is 4.98 Å². The van der Waals surface area contributed by atoms with Crippen LogP contribution in [0, 0.1) is 0 Å². The topological polar surface area (TPSA) is 82.6 Å². The van der Waals surface area contributed by atoms with Gasteiger partial charge in [0.05, 0.1) is 12.2 Å². The van der Waals surface area contributed by atoms with E-state index in [1.54, 1.807) is 0 Å². The first-order chi connectivity index (χ1) is 9.19. The van der Waals surface area contributed by atoms with Crippen molar-refractivity contribution in [3.05, 3.63) is 22.9 Å². The van der Waals surface area contributed by atoms with Crippen LogP contribution in [0.25, 0.3) is 0 Å². The number of nitrogens with zero attached hydrogens (tertiary/aromatic N) is 2. The van der Waals surface area contributed by atoms with E-state index in [9.17, 15) is 10.2 Å². The van der Waals surface area contributed by atoms with Gasteiger partial charge in [-0.3, -0.25) is 0 Å². The van der Waals surface area contributed by atoms with Gasteiger partial charge >= 0.3 is 0 Å². The van der Waals surface area contributed by atoms with E-state index in [0.29, 0.717) is 19.6 Å². The van der Waals surface area contributed by atoms with Crippen molar-refractivity contribution >= 4 is 5.82 Å². The number of aliphatic hydroxyl groups excluding tert-OH is 2. The van der Waals surface area contributed by atoms with Crippen molar-refractivity contribution in [2.45, 2.75) is 44.4 Å². The highest BCUT2D eigenvalue weighted by atomic mass is 16.3. The van der Waals surface area contributed by atoms with Crippen LogP contribution in [-0.4, -0.2) is 40.5 Å². The van der Waals surface area contributed by atoms with Gasteiger partial charge in [-0.05, 0) is 37.3 Å². The Hall–Kier alpha value is -1.17. The molecule has 2 atom stereocenters. The summed E-state index contributed by atoms with van der Waals surface area (Å²) in [5.41, 5.74) is 9.32. The Morgan fingerprint density at radius 2 is 1.89 bits per heavy atom. The zero-order chi connectivity index (χ0) is 13.4. The summed E-state index contributed by atoms with van der Waals surface area (Å²) in [4.78, 5) is 6.71. The number of pyridine rings is 1. The number of fused-ring (bicyclic) bond motifs is 1. The van der Waals surface area contributed by atoms with Gasteiger partial charge in [0.15, 0.2) is 0 Å². The summed E-state index contributed by atoms with van der Waals surface area (Å²) in [6.07, 6.45) is 3.13. The fraction of sp³-hybridized carbons (Fsp3) is 0.643. The second-order valence-electron chi connectivity index (χ2n) is 5.53. The Balaban J connectivity index is 1.96. The van der Waals surface area contributed by atoms with Gasteiger partial charge in [-0.2, -0.15) is 0 Å². The molecule has 1 aromatic rings. The molecule has 1 saturated heterocycles. The van der Waals surface area contributed by atoms with Gasteiger partial charge < -0.3 is 20.8 Å². The lowest BCUT2D eigenvalue weighted by Crippen LogP contribution is -2.25. The maximum Gasteiger partial charge on any atom is 0.133 e. The lowest BCUT2D eigenvalue weighted by Gasteiger charge is -2.24. The molecule has 1 fully saturated rings. The molecule has 5 heteroatoms. The minimum Gasteiger partial charge on any atom is -0.389 e. The van der Waals surface area contributed by atoms with Crippen LogP contribution in [0.4, 0.5) is 5.82 Å². The number of hydrogen-bond donors (Lipinski definition) is 3. The third kappa shape index (κ3) is 2.33. The number of aromatic nitrogens is 1. The van der Waals surface area contributed by atoms with Crippen LogP contribution in [0.3, 0.4) is 0 Å². The van der Waals surface area contributed by atoms with E-state index in [1.807, 2.05) is 4.90 Å². The number of nitrogens with two attached hydrogens (primary N) is 1. The Labute approximate surface area is 113 Å². The van der Waals surface area contributed by atoms with Gasteiger partial charge in [-0.15, -0.1) is 0 Å². The molecule has 2 aliphatic rings. The zero-order valence-corrected chi connectivity index (χ0v) is 11.0. The number of β-amino-alcohol motifs (C(OH)–C–C–N with tert-alkyl or cyclic N) is 2. The van der Waals surface area contributed by atoms with Crippen molar-refractivity contribution in [3.8, 4) is 0 Å². The van der Waals surface area contributed by atoms with Crippen LogP contribution >= 0.6 is 0 Å². The van der Waals surface area contributed by atoms with E-state index in [2.05, 4.69) is 6.07 Å². The third-order valence-corrected chi connectivity index (χ3v) is 4.14. The van der Waals surface area contributed by atoms with E-state index in [0.717, 1.165) is 29.9 Å². The molecule has 0 aromatic carbocycles. The number of aryl methyl sites for hydroxylation is 2. The summed E-state index contributed by atoms with van der Waals surface area (Å²) < 4.78 is 0. The molecule has 5 nitrogen and oxygen atoms in total. The van der Waals surface area contributed by atoms with Crippen LogP contribution in [0.1, 0.15) is 29.7 Å². The molecule has 0 spiro atoms. The summed E-state index contributed by atoms with van der Waals surface area (Å²) in [5, 5.41) is 19.4. The predicted molar refractivity (Wildman–Crippen MR) is 73.0 cm³/mol. The van der Waals surface area contributed by atoms with Crippen LogP contribution in [0.5, 0.6) is 0 Å². The highest BCUT2D eigenvalue weighted by Crippen LogP contribution is 2.28. The van der Waals surface area contributed by atoms with Gasteiger partial charge in [-0.1, -0.05) is 0 Å². The molecule has 2 heterocycles. The van der Waals surface area contributed by atoms with Gasteiger partial charge in [0, 0.05) is 30.9 Å². The van der Waals surface area contributed by atoms with Crippen molar-refractivity contribution in [2.75, 3.05) is 18.0 Å². The summed E-state index contributed by atoms with van der Waals surface area (Å²) in [6.45, 7) is 1.30. The van der Waals surface area contributed by atoms with E-state index >= 15 is 0 Å². The number of anilines is 1. The highest BCUT2D eigenvalue weighted by molar-refractivity contribution is 5.51. The molecule has 2 unspecified atom stereocenters. The van der Waals surface area contributed by atoms with Gasteiger partial charge in [-0.25, -0.2) is 4.98 Å². The summed E-state index contributed by atoms with van der Waals surface area (Å²) in [5.74, 6) is 0.846. The standard InChI is InChI=1S/C14H21N3O2/c15-6-10-5-9-3-1-2-4-11(9)16-14(10)17-7-12(18)13(19)8-17/h5,12-13,18-19H,1-4,6-8,15H2. The smallest absolute Gasteiger partial charge is 0.133 e. The molecule has 104 valence electrons. The number of hydrogen-bond acceptors (Lipinski definition) is 5. The van der Waals surface area contributed by atoms with Crippen molar-refractivity contribution < 1.29 is 10.2 Å². The van der Waals surface area contributed by atoms with Crippen LogP contribution < -0.4 is 10.6 Å². The lowest BCUT2D eigenvalue weighted by molar-refractivity contribution is 0.0572. The average Bonchev–Trinajstić information content (AvgIpc) is 2.77. The van der Waals surface area contributed by atoms with Crippen LogP contribution in [0.2, 0.25) is 0 Å². The fourth-order valence-electron chi connectivity index (χ4n) is 3.04. The maximum atomic E-state index is 9.68. The van der Waals surface area contributed by atoms with E-state index < -0.39 is 12.2 Å². The monoisotopic (exact) mass is 263 g/mol. The molecule has 1 aromatic heterocycles. The van der Waals surface area contributed by atoms with Gasteiger partial charge in [0.1, 0.15) is 5.82 Å². The molecule has 3 rings (SSSR count). The summed E-state index contributed by atoms with van der Waals surface area (Å²) in [7, 11) is 0. The Morgan fingerprint density at radius 3 is 2.58 bits per heavy atom. The molecular weight excluding hydrogens is 242 g/mol. The molecule has 1 aliphatic heterocycles. The molecule has 19 heavy (non-hydrogen) atoms. The molecular formula is C14H21N3O2. The molecule has 4 N–H and O–H groups in total. The second kappa shape index (κ2) is 5.07. The largest absolute Gasteiger partial charge is 0.389 e. The van der Waals surface area contributed by atoms with Gasteiger partial charge in [0.2, 0.25) is 0 Å². The minimum absolute atomic E-state index is 0.431. The Bertz CT molecular complexity index is 468. The molecule has 0 bridgehead atoms. The van der Waals surface area contributed by atoms with Crippen molar-refractivity contribution in [3.63, 3.8) is 0 Å². The number of aliphatic hydroxyl groups is 2. The highest BCUT2D eigenvalue weighted by Gasteiger charge is 2.31. The normalized spacial score (nSPS) is 26.6. The molecule has 1 aliphatic carbocycles.